The summed E-state index contributed by atoms with van der Waals surface area (Å²) in [5.74, 6) is -0.365. The largest absolute Gasteiger partial charge is 0.450 e. The van der Waals surface area contributed by atoms with Gasteiger partial charge >= 0.3 is 6.09 Å². The quantitative estimate of drug-likeness (QED) is 0.905. The summed E-state index contributed by atoms with van der Waals surface area (Å²) in [5.41, 5.74) is 0.602. The van der Waals surface area contributed by atoms with Crippen LogP contribution >= 0.6 is 0 Å². The van der Waals surface area contributed by atoms with Crippen LogP contribution in [0, 0.1) is 11.7 Å². The second-order valence-electron chi connectivity index (χ2n) is 5.59. The summed E-state index contributed by atoms with van der Waals surface area (Å²) in [7, 11) is 0. The highest BCUT2D eigenvalue weighted by molar-refractivity contribution is 5.79. The SMILES string of the molecule is CCOC(=O)N1CCC(C(=O)NCCc2ccccc2F)CC1. The molecule has 126 valence electrons. The van der Waals surface area contributed by atoms with E-state index in [1.807, 2.05) is 0 Å². The zero-order valence-corrected chi connectivity index (χ0v) is 13.4. The minimum Gasteiger partial charge on any atom is -0.450 e. The van der Waals surface area contributed by atoms with Gasteiger partial charge in [0.25, 0.3) is 0 Å². The highest BCUT2D eigenvalue weighted by Gasteiger charge is 2.27. The number of hydrogen-bond donors (Lipinski definition) is 1. The number of benzene rings is 1. The number of piperidine rings is 1. The first-order valence-corrected chi connectivity index (χ1v) is 8.04. The molecule has 1 aliphatic rings. The van der Waals surface area contributed by atoms with Crippen molar-refractivity contribution in [2.24, 2.45) is 5.92 Å². The maximum atomic E-state index is 13.5. The van der Waals surface area contributed by atoms with Crippen LogP contribution in [0.15, 0.2) is 24.3 Å². The molecule has 0 unspecified atom stereocenters. The van der Waals surface area contributed by atoms with E-state index in [2.05, 4.69) is 5.32 Å². The van der Waals surface area contributed by atoms with Gasteiger partial charge in [0.15, 0.2) is 0 Å². The second kappa shape index (κ2) is 8.50. The fourth-order valence-electron chi connectivity index (χ4n) is 2.70. The van der Waals surface area contributed by atoms with Crippen molar-refractivity contribution < 1.29 is 18.7 Å². The first kappa shape index (κ1) is 17.2. The Morgan fingerprint density at radius 2 is 2.00 bits per heavy atom. The molecule has 1 fully saturated rings. The van der Waals surface area contributed by atoms with Gasteiger partial charge in [-0.05, 0) is 37.8 Å². The number of likely N-dealkylation sites (tertiary alicyclic amines) is 1. The van der Waals surface area contributed by atoms with E-state index in [0.717, 1.165) is 0 Å². The summed E-state index contributed by atoms with van der Waals surface area (Å²) in [6.45, 7) is 3.61. The van der Waals surface area contributed by atoms with E-state index in [-0.39, 0.29) is 23.7 Å². The first-order chi connectivity index (χ1) is 11.1. The average Bonchev–Trinajstić information content (AvgIpc) is 2.57. The number of rotatable bonds is 5. The minimum absolute atomic E-state index is 0.0233. The number of hydrogen-bond acceptors (Lipinski definition) is 3. The lowest BCUT2D eigenvalue weighted by atomic mass is 9.96. The Bertz CT molecular complexity index is 542. The average molecular weight is 322 g/mol. The molecule has 6 heteroatoms. The Balaban J connectivity index is 1.71. The molecule has 23 heavy (non-hydrogen) atoms. The smallest absolute Gasteiger partial charge is 0.409 e. The van der Waals surface area contributed by atoms with Crippen LogP contribution in [-0.4, -0.2) is 43.1 Å². The number of amides is 2. The summed E-state index contributed by atoms with van der Waals surface area (Å²) < 4.78 is 18.4. The summed E-state index contributed by atoms with van der Waals surface area (Å²) >= 11 is 0. The summed E-state index contributed by atoms with van der Waals surface area (Å²) in [6.07, 6.45) is 1.42. The van der Waals surface area contributed by atoms with Crippen LogP contribution in [0.2, 0.25) is 0 Å². The summed E-state index contributed by atoms with van der Waals surface area (Å²) in [4.78, 5) is 25.4. The predicted molar refractivity (Wildman–Crippen MR) is 84.4 cm³/mol. The molecule has 1 saturated heterocycles. The molecule has 0 spiro atoms. The lowest BCUT2D eigenvalue weighted by Crippen LogP contribution is -2.43. The molecule has 2 amide bonds. The zero-order chi connectivity index (χ0) is 16.7. The van der Waals surface area contributed by atoms with Crippen LogP contribution in [0.25, 0.3) is 0 Å². The van der Waals surface area contributed by atoms with Crippen LogP contribution in [0.3, 0.4) is 0 Å². The van der Waals surface area contributed by atoms with Gasteiger partial charge in [0, 0.05) is 25.6 Å². The van der Waals surface area contributed by atoms with Crippen LogP contribution < -0.4 is 5.32 Å². The van der Waals surface area contributed by atoms with Crippen molar-refractivity contribution in [3.05, 3.63) is 35.6 Å². The van der Waals surface area contributed by atoms with E-state index in [9.17, 15) is 14.0 Å². The van der Waals surface area contributed by atoms with Gasteiger partial charge in [-0.25, -0.2) is 9.18 Å². The van der Waals surface area contributed by atoms with Crippen LogP contribution in [0.4, 0.5) is 9.18 Å². The van der Waals surface area contributed by atoms with Crippen molar-refractivity contribution in [3.63, 3.8) is 0 Å². The molecular weight excluding hydrogens is 299 g/mol. The van der Waals surface area contributed by atoms with Gasteiger partial charge in [-0.3, -0.25) is 4.79 Å². The van der Waals surface area contributed by atoms with Gasteiger partial charge in [-0.1, -0.05) is 18.2 Å². The van der Waals surface area contributed by atoms with E-state index in [1.54, 1.807) is 30.0 Å². The molecule has 0 bridgehead atoms. The lowest BCUT2D eigenvalue weighted by Gasteiger charge is -2.30. The van der Waals surface area contributed by atoms with Gasteiger partial charge < -0.3 is 15.0 Å². The van der Waals surface area contributed by atoms with Gasteiger partial charge in [0.1, 0.15) is 5.82 Å². The van der Waals surface area contributed by atoms with Crippen LogP contribution in [-0.2, 0) is 16.0 Å². The number of carbonyl (C=O) groups excluding carboxylic acids is 2. The molecule has 2 rings (SSSR count). The molecule has 1 N–H and O–H groups in total. The summed E-state index contributed by atoms with van der Waals surface area (Å²) in [6, 6.07) is 6.57. The lowest BCUT2D eigenvalue weighted by molar-refractivity contribution is -0.126. The Labute approximate surface area is 135 Å². The molecule has 0 aliphatic carbocycles. The molecule has 1 aliphatic heterocycles. The van der Waals surface area contributed by atoms with Gasteiger partial charge in [0.2, 0.25) is 5.91 Å². The molecular formula is C17H23FN2O3. The van der Waals surface area contributed by atoms with Crippen LogP contribution in [0.5, 0.6) is 0 Å². The van der Waals surface area contributed by atoms with Gasteiger partial charge in [-0.15, -0.1) is 0 Å². The minimum atomic E-state index is -0.314. The highest BCUT2D eigenvalue weighted by Crippen LogP contribution is 2.18. The number of halogens is 1. The van der Waals surface area contributed by atoms with E-state index < -0.39 is 0 Å². The Morgan fingerprint density at radius 1 is 1.30 bits per heavy atom. The molecule has 1 heterocycles. The van der Waals surface area contributed by atoms with Gasteiger partial charge in [-0.2, -0.15) is 0 Å². The molecule has 0 saturated carbocycles. The Kier molecular flexibility index (Phi) is 6.38. The van der Waals surface area contributed by atoms with Crippen molar-refractivity contribution in [3.8, 4) is 0 Å². The van der Waals surface area contributed by atoms with Crippen LogP contribution in [0.1, 0.15) is 25.3 Å². The number of nitrogens with zero attached hydrogens (tertiary/aromatic N) is 1. The number of nitrogens with one attached hydrogen (secondary N) is 1. The highest BCUT2D eigenvalue weighted by atomic mass is 19.1. The summed E-state index contributed by atoms with van der Waals surface area (Å²) in [5, 5.41) is 2.86. The fourth-order valence-corrected chi connectivity index (χ4v) is 2.70. The first-order valence-electron chi connectivity index (χ1n) is 8.04. The van der Waals surface area contributed by atoms with E-state index in [0.29, 0.717) is 51.1 Å². The fraction of sp³-hybridized carbons (Fsp3) is 0.529. The van der Waals surface area contributed by atoms with Crippen molar-refractivity contribution in [1.82, 2.24) is 10.2 Å². The monoisotopic (exact) mass is 322 g/mol. The van der Waals surface area contributed by atoms with E-state index in [1.165, 1.54) is 6.07 Å². The maximum absolute atomic E-state index is 13.5. The third-order valence-corrected chi connectivity index (χ3v) is 4.04. The molecule has 1 aromatic rings. The number of ether oxygens (including phenoxy) is 1. The molecule has 0 radical (unpaired) electrons. The Hall–Kier alpha value is -2.11. The molecule has 5 nitrogen and oxygen atoms in total. The number of carbonyl (C=O) groups is 2. The topological polar surface area (TPSA) is 58.6 Å². The van der Waals surface area contributed by atoms with Crippen molar-refractivity contribution in [2.75, 3.05) is 26.2 Å². The normalized spacial score (nSPS) is 15.3. The molecule has 0 atom stereocenters. The van der Waals surface area contributed by atoms with Crippen molar-refractivity contribution >= 4 is 12.0 Å². The predicted octanol–water partition coefficient (Wildman–Crippen LogP) is 2.35. The standard InChI is InChI=1S/C17H23FN2O3/c1-2-23-17(22)20-11-8-14(9-12-20)16(21)19-10-7-13-5-3-4-6-15(13)18/h3-6,14H,2,7-12H2,1H3,(H,19,21). The third-order valence-electron chi connectivity index (χ3n) is 4.04. The Morgan fingerprint density at radius 3 is 2.65 bits per heavy atom. The third kappa shape index (κ3) is 4.94. The van der Waals surface area contributed by atoms with Gasteiger partial charge in [0.05, 0.1) is 6.61 Å². The van der Waals surface area contributed by atoms with E-state index >= 15 is 0 Å². The zero-order valence-electron chi connectivity index (χ0n) is 13.4. The maximum Gasteiger partial charge on any atom is 0.409 e. The van der Waals surface area contributed by atoms with Crippen molar-refractivity contribution in [1.29, 1.82) is 0 Å². The van der Waals surface area contributed by atoms with Crippen molar-refractivity contribution in [2.45, 2.75) is 26.2 Å². The molecule has 1 aromatic carbocycles. The second-order valence-corrected chi connectivity index (χ2v) is 5.59. The van der Waals surface area contributed by atoms with E-state index in [4.69, 9.17) is 4.74 Å². The molecule has 0 aromatic heterocycles.